The van der Waals surface area contributed by atoms with E-state index in [2.05, 4.69) is 24.5 Å². The van der Waals surface area contributed by atoms with Gasteiger partial charge in [-0.1, -0.05) is 59.6 Å². The summed E-state index contributed by atoms with van der Waals surface area (Å²) in [6, 6.07) is 26.3. The van der Waals surface area contributed by atoms with Crippen LogP contribution in [0.4, 0.5) is 4.39 Å². The van der Waals surface area contributed by atoms with Crippen LogP contribution in [0.2, 0.25) is 10.0 Å². The number of carboxylic acids is 1. The first-order valence-electron chi connectivity index (χ1n) is 22.2. The Kier molecular flexibility index (Phi) is 19.1. The zero-order valence-electron chi connectivity index (χ0n) is 38.1. The van der Waals surface area contributed by atoms with Gasteiger partial charge in [0.05, 0.1) is 27.7 Å². The van der Waals surface area contributed by atoms with Crippen LogP contribution in [0.5, 0.6) is 23.0 Å². The molecular formula is C51H58Cl3FN2O9. The summed E-state index contributed by atoms with van der Waals surface area (Å²) in [6.07, 6.45) is 8.87. The average molecular weight is 969 g/mol. The van der Waals surface area contributed by atoms with Crippen molar-refractivity contribution in [1.29, 1.82) is 0 Å². The van der Waals surface area contributed by atoms with Gasteiger partial charge in [-0.25, -0.2) is 4.79 Å². The van der Waals surface area contributed by atoms with Crippen LogP contribution in [-0.4, -0.2) is 60.4 Å². The van der Waals surface area contributed by atoms with Gasteiger partial charge in [-0.15, -0.1) is 25.6 Å². The fourth-order valence-electron chi connectivity index (χ4n) is 8.04. The van der Waals surface area contributed by atoms with Crippen LogP contribution < -0.4 is 20.5 Å². The molecule has 8 rings (SSSR count). The van der Waals surface area contributed by atoms with Crippen molar-refractivity contribution >= 4 is 59.4 Å². The van der Waals surface area contributed by atoms with Crippen LogP contribution in [0.25, 0.3) is 0 Å². The maximum absolute atomic E-state index is 13.0. The number of carbonyl (C=O) groups is 4. The second-order valence-corrected chi connectivity index (χ2v) is 17.1. The van der Waals surface area contributed by atoms with E-state index >= 15 is 0 Å². The van der Waals surface area contributed by atoms with Crippen molar-refractivity contribution in [1.82, 2.24) is 5.32 Å². The quantitative estimate of drug-likeness (QED) is 0.0868. The first-order valence-corrected chi connectivity index (χ1v) is 22.3. The number of carbonyl (C=O) groups excluding carboxylic acids is 3. The van der Waals surface area contributed by atoms with Crippen molar-refractivity contribution < 1.29 is 49.0 Å². The van der Waals surface area contributed by atoms with E-state index in [4.69, 9.17) is 54.4 Å². The Morgan fingerprint density at radius 1 is 0.758 bits per heavy atom. The predicted molar refractivity (Wildman–Crippen MR) is 257 cm³/mol. The molecular weight excluding hydrogens is 910 g/mol. The maximum Gasteiger partial charge on any atom is 0.332 e. The van der Waals surface area contributed by atoms with E-state index in [1.807, 2.05) is 54.6 Å². The molecule has 11 nitrogen and oxygen atoms in total. The SMILES string of the molecule is C=CC1C[C@]1(N)C(=O)OCC.C=CC1C[C@]1(NC(=O)C1CCc2ccc(Oc3cccc(Cl)c3)cc2C1)C(=O)OCC.Cl.O=C(O)C1CCc2ccc(Oc3cccc(Cl)c3)cc2C1.[2H]CF. The van der Waals surface area contributed by atoms with Crippen molar-refractivity contribution in [2.45, 2.75) is 76.3 Å². The van der Waals surface area contributed by atoms with Gasteiger partial charge in [-0.05, 0) is 148 Å². The number of benzene rings is 4. The van der Waals surface area contributed by atoms with Gasteiger partial charge in [0.15, 0.2) is 0 Å². The number of halogens is 4. The largest absolute Gasteiger partial charge is 0.481 e. The maximum atomic E-state index is 13.0. The Morgan fingerprint density at radius 2 is 1.23 bits per heavy atom. The minimum absolute atomic E-state index is 0. The van der Waals surface area contributed by atoms with Gasteiger partial charge in [0, 0.05) is 27.8 Å². The van der Waals surface area contributed by atoms with E-state index < -0.39 is 24.2 Å². The third-order valence-corrected chi connectivity index (χ3v) is 12.4. The van der Waals surface area contributed by atoms with Crippen molar-refractivity contribution in [3.63, 3.8) is 0 Å². The minimum Gasteiger partial charge on any atom is -0.481 e. The fourth-order valence-corrected chi connectivity index (χ4v) is 8.40. The molecule has 66 heavy (non-hydrogen) atoms. The lowest BCUT2D eigenvalue weighted by atomic mass is 9.83. The molecule has 0 bridgehead atoms. The lowest BCUT2D eigenvalue weighted by Crippen LogP contribution is -2.48. The number of nitrogens with one attached hydrogen (secondary N) is 1. The number of fused-ring (bicyclic) bond motifs is 2. The zero-order chi connectivity index (χ0) is 48.0. The molecule has 4 N–H and O–H groups in total. The Bertz CT molecular complexity index is 2390. The van der Waals surface area contributed by atoms with E-state index in [1.54, 1.807) is 50.3 Å². The van der Waals surface area contributed by atoms with E-state index in [0.29, 0.717) is 71.8 Å². The van der Waals surface area contributed by atoms with Gasteiger partial charge in [-0.3, -0.25) is 18.8 Å². The number of nitrogens with two attached hydrogens (primary N) is 1. The molecule has 0 aliphatic heterocycles. The van der Waals surface area contributed by atoms with Crippen molar-refractivity contribution in [3.05, 3.63) is 143 Å². The summed E-state index contributed by atoms with van der Waals surface area (Å²) in [6.45, 7) is 11.6. The van der Waals surface area contributed by atoms with E-state index in [0.717, 1.165) is 30.4 Å². The molecule has 0 spiro atoms. The first kappa shape index (κ1) is 51.6. The summed E-state index contributed by atoms with van der Waals surface area (Å²) < 4.78 is 37.2. The molecule has 4 unspecified atom stereocenters. The minimum atomic E-state index is -1.00. The highest BCUT2D eigenvalue weighted by Crippen LogP contribution is 2.46. The first-order chi connectivity index (χ1) is 31.6. The summed E-state index contributed by atoms with van der Waals surface area (Å²) >= 11 is 12.0. The van der Waals surface area contributed by atoms with E-state index in [-0.39, 0.29) is 60.5 Å². The van der Waals surface area contributed by atoms with E-state index in [1.165, 1.54) is 11.1 Å². The average Bonchev–Trinajstić information content (AvgIpc) is 4.20. The van der Waals surface area contributed by atoms with Gasteiger partial charge in [0.1, 0.15) is 34.1 Å². The normalized spacial score (nSPS) is 22.7. The van der Waals surface area contributed by atoms with Crippen LogP contribution in [0.1, 0.15) is 63.2 Å². The molecule has 6 atom stereocenters. The lowest BCUT2D eigenvalue weighted by Gasteiger charge is -2.26. The topological polar surface area (TPSA) is 163 Å². The van der Waals surface area contributed by atoms with Crippen LogP contribution in [-0.2, 0) is 54.3 Å². The molecule has 0 heterocycles. The Morgan fingerprint density at radius 3 is 1.67 bits per heavy atom. The van der Waals surface area contributed by atoms with Crippen LogP contribution >= 0.6 is 35.6 Å². The summed E-state index contributed by atoms with van der Waals surface area (Å²) in [4.78, 5) is 47.7. The number of hydrogen-bond acceptors (Lipinski definition) is 9. The second kappa shape index (κ2) is 24.4. The monoisotopic (exact) mass is 967 g/mol. The molecule has 1 amide bonds. The molecule has 4 aliphatic rings. The summed E-state index contributed by atoms with van der Waals surface area (Å²) in [5.74, 6) is 0.792. The standard InChI is InChI=1S/C25H26ClNO4.C17H15ClO3.C8H13NO2.CH3F.ClH/c1-3-19-15-25(19,24(29)30-4-2)27-23(28)17-9-8-16-10-11-22(13-18(16)12-17)31-21-7-5-6-20(26)14-21;18-14-2-1-3-15(10-14)21-16-7-6-11-4-5-12(17(19)20)8-13(11)9-16;1-3-6-5-8(6,9)7(10)11-4-2;1-2;/h3,5-7,10-11,13-14,17,19H,1,4,8-9,12,15H2,2H3,(H,27,28);1-3,6-7,9-10,12H,4-5,8H2,(H,19,20);3,6H,1,4-5,9H2,2H3;1H3;1H/t17?,19?,25-;;6?,8-;;/m1.1../s1/i;;;1D;. The number of hydrogen-bond donors (Lipinski definition) is 3. The predicted octanol–water partition coefficient (Wildman–Crippen LogP) is 10.6. The number of esters is 2. The second-order valence-electron chi connectivity index (χ2n) is 16.2. The number of aryl methyl sites for hydroxylation is 2. The van der Waals surface area contributed by atoms with Crippen molar-refractivity contribution in [2.24, 2.45) is 29.4 Å². The molecule has 2 fully saturated rings. The third-order valence-electron chi connectivity index (χ3n) is 11.9. The Hall–Kier alpha value is -5.40. The van der Waals surface area contributed by atoms with Crippen LogP contribution in [0, 0.1) is 23.7 Å². The van der Waals surface area contributed by atoms with Gasteiger partial charge in [-0.2, -0.15) is 0 Å². The van der Waals surface area contributed by atoms with Gasteiger partial charge in [0.2, 0.25) is 5.91 Å². The molecule has 0 aromatic heterocycles. The molecule has 2 saturated carbocycles. The van der Waals surface area contributed by atoms with Gasteiger partial charge in [0.25, 0.3) is 0 Å². The molecule has 4 aromatic rings. The number of alkyl halides is 1. The highest BCUT2D eigenvalue weighted by Gasteiger charge is 2.61. The van der Waals surface area contributed by atoms with Crippen molar-refractivity contribution in [3.8, 4) is 23.0 Å². The molecule has 15 heteroatoms. The Labute approximate surface area is 403 Å². The summed E-state index contributed by atoms with van der Waals surface area (Å²) in [5.41, 5.74) is 8.57. The number of carboxylic acid groups (broad SMARTS) is 1. The van der Waals surface area contributed by atoms with E-state index in [9.17, 15) is 23.6 Å². The van der Waals surface area contributed by atoms with Crippen LogP contribution in [0.15, 0.2) is 110 Å². The highest BCUT2D eigenvalue weighted by molar-refractivity contribution is 6.31. The number of amides is 1. The number of rotatable bonds is 13. The molecule has 4 aromatic carbocycles. The third kappa shape index (κ3) is 13.6. The molecule has 0 radical (unpaired) electrons. The van der Waals surface area contributed by atoms with Crippen molar-refractivity contribution in [2.75, 3.05) is 20.4 Å². The number of ether oxygens (including phenoxy) is 4. The summed E-state index contributed by atoms with van der Waals surface area (Å²) in [5, 5.41) is 13.4. The molecule has 4 aliphatic carbocycles. The Balaban J connectivity index is 0.000000234. The molecule has 354 valence electrons. The highest BCUT2D eigenvalue weighted by atomic mass is 35.5. The van der Waals surface area contributed by atoms with Gasteiger partial charge >= 0.3 is 17.9 Å². The smallest absolute Gasteiger partial charge is 0.332 e. The molecule has 0 saturated heterocycles. The zero-order valence-corrected chi connectivity index (χ0v) is 39.4. The van der Waals surface area contributed by atoms with Gasteiger partial charge < -0.3 is 35.1 Å². The summed E-state index contributed by atoms with van der Waals surface area (Å²) in [7, 11) is -1.00. The van der Waals surface area contributed by atoms with Crippen LogP contribution in [0.3, 0.4) is 0 Å². The lowest BCUT2D eigenvalue weighted by molar-refractivity contribution is -0.149. The number of aliphatic carboxylic acids is 1. The fraction of sp³-hybridized carbons (Fsp3) is 0.373.